The molecule has 2 rings (SSSR count). The van der Waals surface area contributed by atoms with Crippen molar-refractivity contribution in [1.82, 2.24) is 0 Å². The maximum atomic E-state index is 11.1. The van der Waals surface area contributed by atoms with Crippen LogP contribution in [0, 0.1) is 0 Å². The van der Waals surface area contributed by atoms with Crippen LogP contribution in [0.1, 0.15) is 20.7 Å². The first-order valence-electron chi connectivity index (χ1n) is 5.39. The zero-order valence-corrected chi connectivity index (χ0v) is 9.70. The smallest absolute Gasteiger partial charge is 0.340 e. The Morgan fingerprint density at radius 2 is 1.47 bits per heavy atom. The molecule has 0 saturated carbocycles. The standard InChI is InChI=1S/C14H10O5/c15-11-3-1-2-10(12(11)14(18)19)8-4-6-9(7-5-8)13(16)17/h1-7,15H,(H,16,17)(H,18,19). The minimum atomic E-state index is -1.24. The first kappa shape index (κ1) is 12.6. The summed E-state index contributed by atoms with van der Waals surface area (Å²) in [4.78, 5) is 21.9. The number of aromatic carboxylic acids is 2. The molecule has 5 nitrogen and oxygen atoms in total. The maximum Gasteiger partial charge on any atom is 0.340 e. The van der Waals surface area contributed by atoms with Crippen LogP contribution in [-0.2, 0) is 0 Å². The number of phenols is 1. The summed E-state index contributed by atoms with van der Waals surface area (Å²) in [5.41, 5.74) is 0.772. The van der Waals surface area contributed by atoms with Crippen LogP contribution in [0.4, 0.5) is 0 Å². The van der Waals surface area contributed by atoms with E-state index in [2.05, 4.69) is 0 Å². The Bertz CT molecular complexity index is 643. The van der Waals surface area contributed by atoms with Crippen molar-refractivity contribution >= 4 is 11.9 Å². The molecular weight excluding hydrogens is 248 g/mol. The average Bonchev–Trinajstić information content (AvgIpc) is 2.38. The van der Waals surface area contributed by atoms with E-state index in [1.165, 1.54) is 36.4 Å². The number of carbonyl (C=O) groups is 2. The van der Waals surface area contributed by atoms with Crippen molar-refractivity contribution in [2.24, 2.45) is 0 Å². The van der Waals surface area contributed by atoms with Crippen molar-refractivity contribution in [3.63, 3.8) is 0 Å². The highest BCUT2D eigenvalue weighted by Crippen LogP contribution is 2.30. The van der Waals surface area contributed by atoms with Gasteiger partial charge in [0.25, 0.3) is 0 Å². The van der Waals surface area contributed by atoms with E-state index in [9.17, 15) is 14.7 Å². The fourth-order valence-electron chi connectivity index (χ4n) is 1.80. The van der Waals surface area contributed by atoms with E-state index in [1.807, 2.05) is 0 Å². The van der Waals surface area contributed by atoms with Crippen molar-refractivity contribution in [2.45, 2.75) is 0 Å². The van der Waals surface area contributed by atoms with Gasteiger partial charge in [-0.1, -0.05) is 24.3 Å². The average molecular weight is 258 g/mol. The van der Waals surface area contributed by atoms with Gasteiger partial charge in [-0.05, 0) is 29.3 Å². The predicted molar refractivity (Wildman–Crippen MR) is 67.5 cm³/mol. The normalized spacial score (nSPS) is 10.1. The van der Waals surface area contributed by atoms with Crippen LogP contribution < -0.4 is 0 Å². The van der Waals surface area contributed by atoms with Gasteiger partial charge in [-0.2, -0.15) is 0 Å². The second-order valence-electron chi connectivity index (χ2n) is 3.89. The van der Waals surface area contributed by atoms with Crippen molar-refractivity contribution in [3.05, 3.63) is 53.6 Å². The molecule has 19 heavy (non-hydrogen) atoms. The minimum absolute atomic E-state index is 0.112. The maximum absolute atomic E-state index is 11.1. The van der Waals surface area contributed by atoms with E-state index in [-0.39, 0.29) is 16.9 Å². The molecule has 0 atom stereocenters. The Morgan fingerprint density at radius 3 is 2.00 bits per heavy atom. The molecule has 0 aliphatic rings. The van der Waals surface area contributed by atoms with Gasteiger partial charge in [0.2, 0.25) is 0 Å². The van der Waals surface area contributed by atoms with Crippen LogP contribution in [-0.4, -0.2) is 27.3 Å². The number of hydrogen-bond acceptors (Lipinski definition) is 3. The summed E-state index contributed by atoms with van der Waals surface area (Å²) in [7, 11) is 0. The fraction of sp³-hybridized carbons (Fsp3) is 0. The summed E-state index contributed by atoms with van der Waals surface area (Å²) in [5, 5.41) is 27.5. The van der Waals surface area contributed by atoms with Gasteiger partial charge in [0, 0.05) is 0 Å². The first-order chi connectivity index (χ1) is 9.00. The molecule has 0 saturated heterocycles. The third kappa shape index (κ3) is 2.40. The Kier molecular flexibility index (Phi) is 3.20. The van der Waals surface area contributed by atoms with Crippen LogP contribution >= 0.6 is 0 Å². The molecule has 0 aliphatic heterocycles. The molecule has 0 unspecified atom stereocenters. The van der Waals surface area contributed by atoms with Crippen molar-refractivity contribution in [1.29, 1.82) is 0 Å². The molecule has 0 fully saturated rings. The summed E-state index contributed by atoms with van der Waals surface area (Å²) in [6.45, 7) is 0. The van der Waals surface area contributed by atoms with Crippen LogP contribution in [0.15, 0.2) is 42.5 Å². The van der Waals surface area contributed by atoms with Crippen LogP contribution in [0.2, 0.25) is 0 Å². The Hall–Kier alpha value is -2.82. The van der Waals surface area contributed by atoms with E-state index in [1.54, 1.807) is 6.07 Å². The van der Waals surface area contributed by atoms with Gasteiger partial charge in [0.05, 0.1) is 5.56 Å². The lowest BCUT2D eigenvalue weighted by Crippen LogP contribution is -2.00. The molecule has 0 bridgehead atoms. The largest absolute Gasteiger partial charge is 0.507 e. The minimum Gasteiger partial charge on any atom is -0.507 e. The fourth-order valence-corrected chi connectivity index (χ4v) is 1.80. The molecule has 2 aromatic carbocycles. The lowest BCUT2D eigenvalue weighted by atomic mass is 9.98. The number of carboxylic acids is 2. The Balaban J connectivity index is 2.56. The SMILES string of the molecule is O=C(O)c1ccc(-c2cccc(O)c2C(=O)O)cc1. The first-order valence-corrected chi connectivity index (χ1v) is 5.39. The third-order valence-corrected chi connectivity index (χ3v) is 2.70. The molecule has 0 spiro atoms. The molecule has 5 heteroatoms. The van der Waals surface area contributed by atoms with Gasteiger partial charge >= 0.3 is 11.9 Å². The molecule has 3 N–H and O–H groups in total. The van der Waals surface area contributed by atoms with Gasteiger partial charge in [-0.3, -0.25) is 0 Å². The number of rotatable bonds is 3. The van der Waals surface area contributed by atoms with Gasteiger partial charge in [-0.15, -0.1) is 0 Å². The van der Waals surface area contributed by atoms with E-state index < -0.39 is 11.9 Å². The molecule has 2 aromatic rings. The molecule has 96 valence electrons. The van der Waals surface area contributed by atoms with E-state index in [0.29, 0.717) is 11.1 Å². The molecule has 0 radical (unpaired) electrons. The zero-order chi connectivity index (χ0) is 14.0. The van der Waals surface area contributed by atoms with Crippen molar-refractivity contribution < 1.29 is 24.9 Å². The third-order valence-electron chi connectivity index (χ3n) is 2.70. The summed E-state index contributed by atoms with van der Waals surface area (Å²) < 4.78 is 0. The van der Waals surface area contributed by atoms with E-state index >= 15 is 0 Å². The zero-order valence-electron chi connectivity index (χ0n) is 9.70. The summed E-state index contributed by atoms with van der Waals surface area (Å²) in [6, 6.07) is 10.1. The number of aromatic hydroxyl groups is 1. The summed E-state index contributed by atoms with van der Waals surface area (Å²) in [6.07, 6.45) is 0. The van der Waals surface area contributed by atoms with Gasteiger partial charge in [0.15, 0.2) is 0 Å². The summed E-state index contributed by atoms with van der Waals surface area (Å²) in [5.74, 6) is -2.62. The lowest BCUT2D eigenvalue weighted by Gasteiger charge is -2.08. The second-order valence-corrected chi connectivity index (χ2v) is 3.89. The lowest BCUT2D eigenvalue weighted by molar-refractivity contribution is 0.0684. The second kappa shape index (κ2) is 4.81. The van der Waals surface area contributed by atoms with E-state index in [4.69, 9.17) is 10.2 Å². The quantitative estimate of drug-likeness (QED) is 0.786. The molecular formula is C14H10O5. The summed E-state index contributed by atoms with van der Waals surface area (Å²) >= 11 is 0. The molecule has 0 aliphatic carbocycles. The number of hydrogen-bond donors (Lipinski definition) is 3. The highest BCUT2D eigenvalue weighted by Gasteiger charge is 2.16. The Labute approximate surface area is 108 Å². The van der Waals surface area contributed by atoms with Crippen LogP contribution in [0.3, 0.4) is 0 Å². The van der Waals surface area contributed by atoms with Crippen LogP contribution in [0.25, 0.3) is 11.1 Å². The number of carboxylic acid groups (broad SMARTS) is 2. The topological polar surface area (TPSA) is 94.8 Å². The predicted octanol–water partition coefficient (Wildman–Crippen LogP) is 2.46. The highest BCUT2D eigenvalue weighted by molar-refractivity contribution is 5.99. The van der Waals surface area contributed by atoms with Gasteiger partial charge in [0.1, 0.15) is 11.3 Å². The van der Waals surface area contributed by atoms with E-state index in [0.717, 1.165) is 0 Å². The monoisotopic (exact) mass is 258 g/mol. The van der Waals surface area contributed by atoms with Crippen molar-refractivity contribution in [3.8, 4) is 16.9 Å². The molecule has 0 heterocycles. The van der Waals surface area contributed by atoms with Gasteiger partial charge < -0.3 is 15.3 Å². The molecule has 0 amide bonds. The highest BCUT2D eigenvalue weighted by atomic mass is 16.4. The van der Waals surface area contributed by atoms with Crippen molar-refractivity contribution in [2.75, 3.05) is 0 Å². The van der Waals surface area contributed by atoms with Gasteiger partial charge in [-0.25, -0.2) is 9.59 Å². The Morgan fingerprint density at radius 1 is 0.842 bits per heavy atom. The molecule has 0 aromatic heterocycles. The number of benzene rings is 2. The van der Waals surface area contributed by atoms with Crippen LogP contribution in [0.5, 0.6) is 5.75 Å².